The van der Waals surface area contributed by atoms with Gasteiger partial charge in [-0.1, -0.05) is 13.0 Å². The van der Waals surface area contributed by atoms with Crippen LogP contribution in [-0.2, 0) is 11.2 Å². The van der Waals surface area contributed by atoms with Gasteiger partial charge in [0.05, 0.1) is 6.42 Å². The van der Waals surface area contributed by atoms with E-state index >= 15 is 0 Å². The largest absolute Gasteiger partial charge is 0.356 e. The van der Waals surface area contributed by atoms with Gasteiger partial charge in [0, 0.05) is 18.4 Å². The van der Waals surface area contributed by atoms with Gasteiger partial charge in [-0.05, 0) is 31.6 Å². The van der Waals surface area contributed by atoms with Crippen LogP contribution >= 0.6 is 0 Å². The van der Waals surface area contributed by atoms with Gasteiger partial charge in [0.25, 0.3) is 0 Å². The van der Waals surface area contributed by atoms with Gasteiger partial charge in [-0.2, -0.15) is 0 Å². The Hall–Kier alpha value is -1.42. The van der Waals surface area contributed by atoms with Gasteiger partial charge < -0.3 is 10.6 Å². The second kappa shape index (κ2) is 7.82. The molecule has 1 rings (SSSR count). The van der Waals surface area contributed by atoms with E-state index in [2.05, 4.69) is 22.5 Å². The minimum Gasteiger partial charge on any atom is -0.356 e. The molecule has 0 saturated carbocycles. The summed E-state index contributed by atoms with van der Waals surface area (Å²) in [5.41, 5.74) is 0.812. The molecule has 0 spiro atoms. The lowest BCUT2D eigenvalue weighted by Crippen LogP contribution is -2.28. The van der Waals surface area contributed by atoms with E-state index in [0.717, 1.165) is 31.7 Å². The first kappa shape index (κ1) is 12.6. The fourth-order valence-corrected chi connectivity index (χ4v) is 1.35. The minimum absolute atomic E-state index is 0.0372. The van der Waals surface area contributed by atoms with Crippen molar-refractivity contribution in [1.82, 2.24) is 15.6 Å². The first-order valence-electron chi connectivity index (χ1n) is 5.70. The van der Waals surface area contributed by atoms with E-state index in [1.54, 1.807) is 6.20 Å². The highest BCUT2D eigenvalue weighted by Gasteiger charge is 2.02. The average molecular weight is 221 g/mol. The third-order valence-corrected chi connectivity index (χ3v) is 2.17. The molecule has 0 fully saturated rings. The fraction of sp³-hybridized carbons (Fsp3) is 0.500. The van der Waals surface area contributed by atoms with Gasteiger partial charge in [0.2, 0.25) is 5.91 Å². The van der Waals surface area contributed by atoms with Crippen LogP contribution in [0, 0.1) is 0 Å². The minimum atomic E-state index is 0.0372. The van der Waals surface area contributed by atoms with Crippen molar-refractivity contribution in [2.24, 2.45) is 0 Å². The molecule has 1 aromatic rings. The lowest BCUT2D eigenvalue weighted by atomic mass is 10.2. The van der Waals surface area contributed by atoms with Crippen LogP contribution in [0.2, 0.25) is 0 Å². The highest BCUT2D eigenvalue weighted by atomic mass is 16.1. The average Bonchev–Trinajstić information content (AvgIpc) is 2.30. The molecular formula is C12H19N3O. The van der Waals surface area contributed by atoms with E-state index in [4.69, 9.17) is 0 Å². The normalized spacial score (nSPS) is 10.1. The monoisotopic (exact) mass is 221 g/mol. The molecule has 0 aromatic carbocycles. The van der Waals surface area contributed by atoms with E-state index in [1.165, 1.54) is 0 Å². The number of aromatic nitrogens is 1. The second-order valence-corrected chi connectivity index (χ2v) is 3.55. The summed E-state index contributed by atoms with van der Waals surface area (Å²) < 4.78 is 0. The van der Waals surface area contributed by atoms with Crippen molar-refractivity contribution in [3.8, 4) is 0 Å². The maximum atomic E-state index is 11.5. The number of amides is 1. The standard InChI is InChI=1S/C12H19N3O/c1-2-13-7-5-9-15-12(16)10-11-6-3-4-8-14-11/h3-4,6,8,13H,2,5,7,9-10H2,1H3,(H,15,16). The van der Waals surface area contributed by atoms with E-state index in [-0.39, 0.29) is 5.91 Å². The smallest absolute Gasteiger partial charge is 0.226 e. The number of hydrogen-bond acceptors (Lipinski definition) is 3. The molecule has 0 aliphatic carbocycles. The van der Waals surface area contributed by atoms with Crippen molar-refractivity contribution >= 4 is 5.91 Å². The maximum Gasteiger partial charge on any atom is 0.226 e. The van der Waals surface area contributed by atoms with Gasteiger partial charge >= 0.3 is 0 Å². The second-order valence-electron chi connectivity index (χ2n) is 3.55. The summed E-state index contributed by atoms with van der Waals surface area (Å²) in [5, 5.41) is 6.08. The molecule has 0 radical (unpaired) electrons. The zero-order valence-corrected chi connectivity index (χ0v) is 9.70. The molecule has 1 amide bonds. The third kappa shape index (κ3) is 5.46. The molecule has 0 saturated heterocycles. The van der Waals surface area contributed by atoms with Crippen LogP contribution < -0.4 is 10.6 Å². The summed E-state index contributed by atoms with van der Waals surface area (Å²) in [6.45, 7) is 4.71. The Balaban J connectivity index is 2.12. The molecule has 4 nitrogen and oxygen atoms in total. The molecule has 1 heterocycles. The van der Waals surface area contributed by atoms with Crippen LogP contribution in [0.15, 0.2) is 24.4 Å². The van der Waals surface area contributed by atoms with Gasteiger partial charge in [-0.25, -0.2) is 0 Å². The first-order valence-corrected chi connectivity index (χ1v) is 5.70. The first-order chi connectivity index (χ1) is 7.83. The zero-order valence-electron chi connectivity index (χ0n) is 9.70. The maximum absolute atomic E-state index is 11.5. The van der Waals surface area contributed by atoms with Crippen LogP contribution in [0.25, 0.3) is 0 Å². The summed E-state index contributed by atoms with van der Waals surface area (Å²) in [6.07, 6.45) is 3.03. The van der Waals surface area contributed by atoms with Gasteiger partial charge in [0.1, 0.15) is 0 Å². The van der Waals surface area contributed by atoms with Crippen molar-refractivity contribution in [3.05, 3.63) is 30.1 Å². The van der Waals surface area contributed by atoms with Crippen LogP contribution in [-0.4, -0.2) is 30.5 Å². The molecule has 2 N–H and O–H groups in total. The highest BCUT2D eigenvalue weighted by Crippen LogP contribution is 1.94. The summed E-state index contributed by atoms with van der Waals surface area (Å²) in [4.78, 5) is 15.6. The molecule has 0 unspecified atom stereocenters. The van der Waals surface area contributed by atoms with Crippen molar-refractivity contribution < 1.29 is 4.79 Å². The molecule has 0 aliphatic rings. The Morgan fingerprint density at radius 1 is 1.38 bits per heavy atom. The SMILES string of the molecule is CCNCCCNC(=O)Cc1ccccn1. The Kier molecular flexibility index (Phi) is 6.18. The predicted octanol–water partition coefficient (Wildman–Crippen LogP) is 0.740. The molecule has 1 aromatic heterocycles. The summed E-state index contributed by atoms with van der Waals surface area (Å²) in [6, 6.07) is 5.59. The van der Waals surface area contributed by atoms with E-state index in [1.807, 2.05) is 18.2 Å². The number of rotatable bonds is 7. The van der Waals surface area contributed by atoms with E-state index in [9.17, 15) is 4.79 Å². The molecule has 0 aliphatic heterocycles. The molecule has 0 atom stereocenters. The number of nitrogens with one attached hydrogen (secondary N) is 2. The number of carbonyl (C=O) groups excluding carboxylic acids is 1. The fourth-order valence-electron chi connectivity index (χ4n) is 1.35. The topological polar surface area (TPSA) is 54.0 Å². The summed E-state index contributed by atoms with van der Waals surface area (Å²) in [5.74, 6) is 0.0372. The number of hydrogen-bond donors (Lipinski definition) is 2. The van der Waals surface area contributed by atoms with Crippen LogP contribution in [0.5, 0.6) is 0 Å². The third-order valence-electron chi connectivity index (χ3n) is 2.17. The Labute approximate surface area is 96.5 Å². The van der Waals surface area contributed by atoms with Gasteiger partial charge in [0.15, 0.2) is 0 Å². The van der Waals surface area contributed by atoms with Crippen LogP contribution in [0.3, 0.4) is 0 Å². The van der Waals surface area contributed by atoms with E-state index < -0.39 is 0 Å². The molecule has 88 valence electrons. The van der Waals surface area contributed by atoms with E-state index in [0.29, 0.717) is 6.42 Å². The van der Waals surface area contributed by atoms with Gasteiger partial charge in [-0.3, -0.25) is 9.78 Å². The van der Waals surface area contributed by atoms with Gasteiger partial charge in [-0.15, -0.1) is 0 Å². The molecular weight excluding hydrogens is 202 g/mol. The van der Waals surface area contributed by atoms with Crippen molar-refractivity contribution in [2.45, 2.75) is 19.8 Å². The quantitative estimate of drug-likeness (QED) is 0.668. The molecule has 16 heavy (non-hydrogen) atoms. The molecule has 4 heteroatoms. The lowest BCUT2D eigenvalue weighted by Gasteiger charge is -2.05. The predicted molar refractivity (Wildman–Crippen MR) is 64.1 cm³/mol. The van der Waals surface area contributed by atoms with Crippen molar-refractivity contribution in [3.63, 3.8) is 0 Å². The number of carbonyl (C=O) groups is 1. The summed E-state index contributed by atoms with van der Waals surface area (Å²) in [7, 11) is 0. The highest BCUT2D eigenvalue weighted by molar-refractivity contribution is 5.77. The Morgan fingerprint density at radius 2 is 2.25 bits per heavy atom. The summed E-state index contributed by atoms with van der Waals surface area (Å²) >= 11 is 0. The van der Waals surface area contributed by atoms with Crippen molar-refractivity contribution in [2.75, 3.05) is 19.6 Å². The zero-order chi connectivity index (χ0) is 11.6. The molecule has 0 bridgehead atoms. The van der Waals surface area contributed by atoms with Crippen LogP contribution in [0.1, 0.15) is 19.0 Å². The Bertz CT molecular complexity index is 300. The number of pyridine rings is 1. The lowest BCUT2D eigenvalue weighted by molar-refractivity contribution is -0.120. The van der Waals surface area contributed by atoms with Crippen LogP contribution in [0.4, 0.5) is 0 Å². The number of nitrogens with zero attached hydrogens (tertiary/aromatic N) is 1. The van der Waals surface area contributed by atoms with Crippen molar-refractivity contribution in [1.29, 1.82) is 0 Å². The Morgan fingerprint density at radius 3 is 2.94 bits per heavy atom.